The van der Waals surface area contributed by atoms with Gasteiger partial charge in [0.1, 0.15) is 11.3 Å². The third kappa shape index (κ3) is 3.33. The van der Waals surface area contributed by atoms with Gasteiger partial charge in [0.2, 0.25) is 0 Å². The van der Waals surface area contributed by atoms with Crippen LogP contribution < -0.4 is 9.47 Å². The van der Waals surface area contributed by atoms with Gasteiger partial charge in [0.25, 0.3) is 0 Å². The highest BCUT2D eigenvalue weighted by Gasteiger charge is 2.04. The number of phenolic OH excluding ortho intramolecular Hbond substituents is 1. The molecule has 1 aromatic heterocycles. The van der Waals surface area contributed by atoms with Crippen molar-refractivity contribution in [2.24, 2.45) is 0 Å². The number of methoxy groups -OCH3 is 1. The lowest BCUT2D eigenvalue weighted by Gasteiger charge is -2.09. The summed E-state index contributed by atoms with van der Waals surface area (Å²) in [6.07, 6.45) is 3.85. The van der Waals surface area contributed by atoms with Crippen molar-refractivity contribution in [2.75, 3.05) is 13.7 Å². The van der Waals surface area contributed by atoms with E-state index in [0.29, 0.717) is 17.9 Å². The van der Waals surface area contributed by atoms with E-state index < -0.39 is 0 Å². The molecule has 0 amide bonds. The lowest BCUT2D eigenvalue weighted by Crippen LogP contribution is -1.95. The van der Waals surface area contributed by atoms with Gasteiger partial charge in [-0.05, 0) is 42.8 Å². The second kappa shape index (κ2) is 7.04. The van der Waals surface area contributed by atoms with Crippen molar-refractivity contribution in [3.63, 3.8) is 0 Å². The maximum atomic E-state index is 9.91. The molecule has 0 aliphatic heterocycles. The summed E-state index contributed by atoms with van der Waals surface area (Å²) in [5, 5.41) is 10.8. The minimum absolute atomic E-state index is 0.186. The third-order valence-corrected chi connectivity index (χ3v) is 3.65. The average molecular weight is 321 g/mol. The molecule has 3 rings (SSSR count). The Balaban J connectivity index is 1.89. The predicted molar refractivity (Wildman–Crippen MR) is 96.5 cm³/mol. The smallest absolute Gasteiger partial charge is 0.161 e. The van der Waals surface area contributed by atoms with E-state index >= 15 is 0 Å². The van der Waals surface area contributed by atoms with Crippen molar-refractivity contribution < 1.29 is 14.6 Å². The largest absolute Gasteiger partial charge is 0.506 e. The molecule has 24 heavy (non-hydrogen) atoms. The van der Waals surface area contributed by atoms with Crippen LogP contribution in [0.25, 0.3) is 23.1 Å². The third-order valence-electron chi connectivity index (χ3n) is 3.65. The van der Waals surface area contributed by atoms with Crippen LogP contribution in [-0.2, 0) is 0 Å². The molecular weight excluding hydrogens is 302 g/mol. The molecule has 0 aliphatic carbocycles. The quantitative estimate of drug-likeness (QED) is 0.751. The standard InChI is InChI=1S/C20H19NO3/c1-3-24-18-12-8-14(13-19(18)23-2)7-10-16-11-9-15-5-4-6-17(22)20(15)21-16/h4-13,22H,3H2,1-2H3. The molecule has 0 unspecified atom stereocenters. The number of rotatable bonds is 5. The minimum Gasteiger partial charge on any atom is -0.506 e. The summed E-state index contributed by atoms with van der Waals surface area (Å²) in [6, 6.07) is 15.0. The Kier molecular flexibility index (Phi) is 4.66. The number of aromatic hydroxyl groups is 1. The number of para-hydroxylation sites is 1. The van der Waals surface area contributed by atoms with E-state index in [1.165, 1.54) is 0 Å². The van der Waals surface area contributed by atoms with Crippen LogP contribution >= 0.6 is 0 Å². The molecule has 122 valence electrons. The van der Waals surface area contributed by atoms with Crippen molar-refractivity contribution in [3.8, 4) is 17.2 Å². The maximum Gasteiger partial charge on any atom is 0.161 e. The highest BCUT2D eigenvalue weighted by atomic mass is 16.5. The number of hydrogen-bond acceptors (Lipinski definition) is 4. The Morgan fingerprint density at radius 2 is 1.92 bits per heavy atom. The topological polar surface area (TPSA) is 51.6 Å². The number of benzene rings is 2. The molecule has 0 spiro atoms. The van der Waals surface area contributed by atoms with Crippen LogP contribution in [0.1, 0.15) is 18.2 Å². The Morgan fingerprint density at radius 1 is 1.04 bits per heavy atom. The van der Waals surface area contributed by atoms with Gasteiger partial charge in [0, 0.05) is 5.39 Å². The van der Waals surface area contributed by atoms with Crippen molar-refractivity contribution in [1.82, 2.24) is 4.98 Å². The highest BCUT2D eigenvalue weighted by molar-refractivity contribution is 5.85. The molecule has 0 atom stereocenters. The molecule has 1 heterocycles. The van der Waals surface area contributed by atoms with Crippen molar-refractivity contribution >= 4 is 23.1 Å². The fraction of sp³-hybridized carbons (Fsp3) is 0.150. The van der Waals surface area contributed by atoms with Crippen molar-refractivity contribution in [2.45, 2.75) is 6.92 Å². The molecule has 3 aromatic rings. The summed E-state index contributed by atoms with van der Waals surface area (Å²) in [6.45, 7) is 2.53. The van der Waals surface area contributed by atoms with Crippen LogP contribution in [0, 0.1) is 0 Å². The Morgan fingerprint density at radius 3 is 2.71 bits per heavy atom. The van der Waals surface area contributed by atoms with E-state index in [0.717, 1.165) is 22.4 Å². The SMILES string of the molecule is CCOc1ccc(C=Cc2ccc3cccc(O)c3n2)cc1OC. The van der Waals surface area contributed by atoms with Gasteiger partial charge in [0.15, 0.2) is 11.5 Å². The maximum absolute atomic E-state index is 9.91. The van der Waals surface area contributed by atoms with Gasteiger partial charge < -0.3 is 14.6 Å². The van der Waals surface area contributed by atoms with Gasteiger partial charge in [-0.2, -0.15) is 0 Å². The van der Waals surface area contributed by atoms with Gasteiger partial charge in [-0.1, -0.05) is 30.3 Å². The second-order valence-electron chi connectivity index (χ2n) is 5.26. The Labute approximate surface area is 141 Å². The first-order valence-corrected chi connectivity index (χ1v) is 7.79. The van der Waals surface area contributed by atoms with Crippen LogP contribution in [0.2, 0.25) is 0 Å². The van der Waals surface area contributed by atoms with E-state index in [1.54, 1.807) is 19.2 Å². The van der Waals surface area contributed by atoms with E-state index in [4.69, 9.17) is 9.47 Å². The van der Waals surface area contributed by atoms with Gasteiger partial charge in [-0.25, -0.2) is 4.98 Å². The van der Waals surface area contributed by atoms with Gasteiger partial charge >= 0.3 is 0 Å². The lowest BCUT2D eigenvalue weighted by atomic mass is 10.1. The van der Waals surface area contributed by atoms with Crippen LogP contribution in [0.3, 0.4) is 0 Å². The van der Waals surface area contributed by atoms with Crippen molar-refractivity contribution in [1.29, 1.82) is 0 Å². The number of phenols is 1. The Hall–Kier alpha value is -3.01. The fourth-order valence-corrected chi connectivity index (χ4v) is 2.48. The Bertz CT molecular complexity index is 887. The molecule has 0 fully saturated rings. The molecule has 0 saturated heterocycles. The van der Waals surface area contributed by atoms with E-state index in [1.807, 2.05) is 55.5 Å². The van der Waals surface area contributed by atoms with Crippen molar-refractivity contribution in [3.05, 3.63) is 59.8 Å². The summed E-state index contributed by atoms with van der Waals surface area (Å²) >= 11 is 0. The summed E-state index contributed by atoms with van der Waals surface area (Å²) in [4.78, 5) is 4.49. The molecule has 0 saturated carbocycles. The molecule has 4 heteroatoms. The molecule has 0 aliphatic rings. The molecule has 0 bridgehead atoms. The number of fused-ring (bicyclic) bond motifs is 1. The predicted octanol–water partition coefficient (Wildman–Crippen LogP) is 4.52. The minimum atomic E-state index is 0.186. The number of pyridine rings is 1. The average Bonchev–Trinajstić information content (AvgIpc) is 2.61. The molecule has 2 aromatic carbocycles. The first kappa shape index (κ1) is 15.9. The summed E-state index contributed by atoms with van der Waals surface area (Å²) in [5.74, 6) is 1.61. The lowest BCUT2D eigenvalue weighted by molar-refractivity contribution is 0.311. The molecule has 1 N–H and O–H groups in total. The van der Waals surface area contributed by atoms with E-state index in [9.17, 15) is 5.11 Å². The highest BCUT2D eigenvalue weighted by Crippen LogP contribution is 2.29. The zero-order valence-corrected chi connectivity index (χ0v) is 13.7. The number of aromatic nitrogens is 1. The zero-order chi connectivity index (χ0) is 16.9. The van der Waals surface area contributed by atoms with Gasteiger partial charge in [0.05, 0.1) is 19.4 Å². The molecular formula is C20H19NO3. The van der Waals surface area contributed by atoms with Crippen LogP contribution in [0.4, 0.5) is 0 Å². The second-order valence-corrected chi connectivity index (χ2v) is 5.26. The van der Waals surface area contributed by atoms with Gasteiger partial charge in [-0.3, -0.25) is 0 Å². The summed E-state index contributed by atoms with van der Waals surface area (Å²) < 4.78 is 10.9. The number of hydrogen-bond donors (Lipinski definition) is 1. The number of nitrogens with zero attached hydrogens (tertiary/aromatic N) is 1. The van der Waals surface area contributed by atoms with E-state index in [-0.39, 0.29) is 5.75 Å². The molecule has 4 nitrogen and oxygen atoms in total. The van der Waals surface area contributed by atoms with E-state index in [2.05, 4.69) is 4.98 Å². The zero-order valence-electron chi connectivity index (χ0n) is 13.7. The monoisotopic (exact) mass is 321 g/mol. The van der Waals surface area contributed by atoms with Crippen LogP contribution in [-0.4, -0.2) is 23.8 Å². The first-order chi connectivity index (χ1) is 11.7. The number of ether oxygens (including phenoxy) is 2. The van der Waals surface area contributed by atoms with Crippen LogP contribution in [0.5, 0.6) is 17.2 Å². The summed E-state index contributed by atoms with van der Waals surface area (Å²) in [5.41, 5.74) is 2.36. The molecule has 0 radical (unpaired) electrons. The normalized spacial score (nSPS) is 11.1. The summed E-state index contributed by atoms with van der Waals surface area (Å²) in [7, 11) is 1.62. The fourth-order valence-electron chi connectivity index (χ4n) is 2.48. The van der Waals surface area contributed by atoms with Crippen LogP contribution in [0.15, 0.2) is 48.5 Å². The first-order valence-electron chi connectivity index (χ1n) is 7.79. The van der Waals surface area contributed by atoms with Gasteiger partial charge in [-0.15, -0.1) is 0 Å².